The van der Waals surface area contributed by atoms with Gasteiger partial charge in [0, 0.05) is 58.3 Å². The Labute approximate surface area is 199 Å². The molecule has 1 aromatic rings. The van der Waals surface area contributed by atoms with Crippen LogP contribution in [0.15, 0.2) is 30.3 Å². The molecule has 2 saturated heterocycles. The van der Waals surface area contributed by atoms with E-state index < -0.39 is 0 Å². The van der Waals surface area contributed by atoms with Crippen molar-refractivity contribution in [3.8, 4) is 0 Å². The minimum Gasteiger partial charge on any atom is -0.352 e. The van der Waals surface area contributed by atoms with E-state index in [1.807, 2.05) is 11.8 Å². The van der Waals surface area contributed by atoms with Crippen molar-refractivity contribution >= 4 is 11.8 Å². The fourth-order valence-electron chi connectivity index (χ4n) is 5.69. The number of carbonyl (C=O) groups is 2. The van der Waals surface area contributed by atoms with Crippen molar-refractivity contribution in [1.29, 1.82) is 0 Å². The molecule has 3 aliphatic rings. The van der Waals surface area contributed by atoms with Crippen LogP contribution in [-0.4, -0.2) is 77.9 Å². The van der Waals surface area contributed by atoms with E-state index in [0.29, 0.717) is 11.8 Å². The molecule has 4 rings (SSSR count). The molecule has 2 amide bonds. The Kier molecular flexibility index (Phi) is 8.79. The molecule has 1 aliphatic carbocycles. The number of carbonyl (C=O) groups excluding carboxylic acids is 2. The van der Waals surface area contributed by atoms with Crippen molar-refractivity contribution in [2.75, 3.05) is 39.3 Å². The van der Waals surface area contributed by atoms with Gasteiger partial charge in [0.15, 0.2) is 0 Å². The second kappa shape index (κ2) is 12.0. The van der Waals surface area contributed by atoms with Gasteiger partial charge < -0.3 is 10.2 Å². The smallest absolute Gasteiger partial charge is 0.237 e. The highest BCUT2D eigenvalue weighted by atomic mass is 16.2. The monoisotopic (exact) mass is 454 g/mol. The molecular weight excluding hydrogens is 412 g/mol. The Hall–Kier alpha value is -1.92. The third-order valence-electron chi connectivity index (χ3n) is 7.97. The van der Waals surface area contributed by atoms with Crippen molar-refractivity contribution in [3.63, 3.8) is 0 Å². The number of nitrogens with one attached hydrogen (secondary N) is 1. The van der Waals surface area contributed by atoms with Crippen LogP contribution < -0.4 is 5.32 Å². The summed E-state index contributed by atoms with van der Waals surface area (Å²) in [6, 6.07) is 10.7. The third-order valence-corrected chi connectivity index (χ3v) is 7.97. The molecule has 1 unspecified atom stereocenters. The molecule has 182 valence electrons. The molecule has 0 radical (unpaired) electrons. The summed E-state index contributed by atoms with van der Waals surface area (Å²) in [5.74, 6) is 1.05. The van der Waals surface area contributed by atoms with E-state index in [1.54, 1.807) is 0 Å². The van der Waals surface area contributed by atoms with Gasteiger partial charge in [-0.25, -0.2) is 0 Å². The Morgan fingerprint density at radius 1 is 0.909 bits per heavy atom. The summed E-state index contributed by atoms with van der Waals surface area (Å²) in [4.78, 5) is 32.4. The molecule has 1 atom stereocenters. The highest BCUT2D eigenvalue weighted by molar-refractivity contribution is 5.81. The average molecular weight is 455 g/mol. The van der Waals surface area contributed by atoms with E-state index in [0.717, 1.165) is 65.1 Å². The van der Waals surface area contributed by atoms with Gasteiger partial charge in [0.2, 0.25) is 11.8 Å². The van der Waals surface area contributed by atoms with Gasteiger partial charge in [-0.2, -0.15) is 0 Å². The van der Waals surface area contributed by atoms with Gasteiger partial charge in [-0.15, -0.1) is 0 Å². The molecule has 33 heavy (non-hydrogen) atoms. The Bertz CT molecular complexity index is 749. The molecule has 3 fully saturated rings. The van der Waals surface area contributed by atoms with Gasteiger partial charge in [0.1, 0.15) is 0 Å². The second-order valence-electron chi connectivity index (χ2n) is 10.3. The van der Waals surface area contributed by atoms with Crippen LogP contribution in [0.25, 0.3) is 0 Å². The van der Waals surface area contributed by atoms with Crippen LogP contribution in [-0.2, 0) is 16.1 Å². The van der Waals surface area contributed by atoms with Gasteiger partial charge in [-0.3, -0.25) is 19.4 Å². The second-order valence-corrected chi connectivity index (χ2v) is 10.3. The first kappa shape index (κ1) is 24.2. The lowest BCUT2D eigenvalue weighted by Gasteiger charge is -2.39. The van der Waals surface area contributed by atoms with Gasteiger partial charge in [-0.1, -0.05) is 49.6 Å². The normalized spacial score (nSPS) is 22.8. The number of benzene rings is 1. The topological polar surface area (TPSA) is 55.9 Å². The van der Waals surface area contributed by atoms with Crippen LogP contribution in [0, 0.1) is 5.92 Å². The zero-order valence-electron chi connectivity index (χ0n) is 20.4. The summed E-state index contributed by atoms with van der Waals surface area (Å²) < 4.78 is 0. The minimum atomic E-state index is -0.136. The van der Waals surface area contributed by atoms with Crippen LogP contribution in [0.4, 0.5) is 0 Å². The lowest BCUT2D eigenvalue weighted by Crippen LogP contribution is -2.56. The minimum absolute atomic E-state index is 0.136. The standard InChI is InChI=1S/C27H42N4O2/c1-22(30-16-18-31(19-17-30)26(32)20-23-8-4-2-5-9-23)27(33)28-25-12-14-29(15-13-25)21-24-10-6-3-7-11-24/h3,6-7,10-11,22-23,25H,2,4-5,8-9,12-21H2,1H3,(H,28,33). The quantitative estimate of drug-likeness (QED) is 0.687. The summed E-state index contributed by atoms with van der Waals surface area (Å²) in [6.45, 7) is 8.14. The molecule has 6 heteroatoms. The summed E-state index contributed by atoms with van der Waals surface area (Å²) in [5.41, 5.74) is 1.35. The Morgan fingerprint density at radius 3 is 2.24 bits per heavy atom. The van der Waals surface area contributed by atoms with Crippen molar-refractivity contribution in [1.82, 2.24) is 20.0 Å². The number of likely N-dealkylation sites (tertiary alicyclic amines) is 1. The summed E-state index contributed by atoms with van der Waals surface area (Å²) in [5, 5.41) is 3.30. The fourth-order valence-corrected chi connectivity index (χ4v) is 5.69. The van der Waals surface area contributed by atoms with Crippen LogP contribution in [0.5, 0.6) is 0 Å². The zero-order valence-corrected chi connectivity index (χ0v) is 20.4. The Balaban J connectivity index is 1.14. The van der Waals surface area contributed by atoms with Gasteiger partial charge in [0.05, 0.1) is 6.04 Å². The molecule has 2 heterocycles. The number of piperazine rings is 1. The number of nitrogens with zero attached hydrogens (tertiary/aromatic N) is 3. The predicted molar refractivity (Wildman–Crippen MR) is 132 cm³/mol. The van der Waals surface area contributed by atoms with Gasteiger partial charge in [0.25, 0.3) is 0 Å². The lowest BCUT2D eigenvalue weighted by atomic mass is 9.86. The third kappa shape index (κ3) is 7.03. The summed E-state index contributed by atoms with van der Waals surface area (Å²) in [7, 11) is 0. The molecule has 0 aromatic heterocycles. The Morgan fingerprint density at radius 2 is 1.58 bits per heavy atom. The highest BCUT2D eigenvalue weighted by Gasteiger charge is 2.30. The molecule has 6 nitrogen and oxygen atoms in total. The van der Waals surface area contributed by atoms with Crippen molar-refractivity contribution in [3.05, 3.63) is 35.9 Å². The van der Waals surface area contributed by atoms with E-state index in [4.69, 9.17) is 0 Å². The fraction of sp³-hybridized carbons (Fsp3) is 0.704. The first-order valence-corrected chi connectivity index (χ1v) is 13.2. The number of hydrogen-bond acceptors (Lipinski definition) is 4. The maximum absolute atomic E-state index is 12.9. The number of hydrogen-bond donors (Lipinski definition) is 1. The van der Waals surface area contributed by atoms with Crippen molar-refractivity contribution in [2.45, 2.75) is 76.9 Å². The first-order chi connectivity index (χ1) is 16.1. The van der Waals surface area contributed by atoms with E-state index in [1.165, 1.54) is 37.7 Å². The molecule has 1 saturated carbocycles. The van der Waals surface area contributed by atoms with E-state index >= 15 is 0 Å². The summed E-state index contributed by atoms with van der Waals surface area (Å²) in [6.07, 6.45) is 9.07. The summed E-state index contributed by atoms with van der Waals surface area (Å²) >= 11 is 0. The number of piperidine rings is 1. The highest BCUT2D eigenvalue weighted by Crippen LogP contribution is 2.27. The van der Waals surface area contributed by atoms with Crippen molar-refractivity contribution < 1.29 is 9.59 Å². The SMILES string of the molecule is CC(C(=O)NC1CCN(Cc2ccccc2)CC1)N1CCN(C(=O)CC2CCCCC2)CC1. The molecule has 2 aliphatic heterocycles. The van der Waals surface area contributed by atoms with E-state index in [2.05, 4.69) is 45.4 Å². The van der Waals surface area contributed by atoms with Crippen LogP contribution in [0.1, 0.15) is 63.9 Å². The molecule has 1 N–H and O–H groups in total. The average Bonchev–Trinajstić information content (AvgIpc) is 2.86. The maximum atomic E-state index is 12.9. The lowest BCUT2D eigenvalue weighted by molar-refractivity contribution is -0.135. The molecular formula is C27H42N4O2. The number of amides is 2. The van der Waals surface area contributed by atoms with Crippen LogP contribution in [0.2, 0.25) is 0 Å². The molecule has 0 spiro atoms. The maximum Gasteiger partial charge on any atom is 0.237 e. The van der Waals surface area contributed by atoms with E-state index in [9.17, 15) is 9.59 Å². The van der Waals surface area contributed by atoms with E-state index in [-0.39, 0.29) is 18.0 Å². The zero-order chi connectivity index (χ0) is 23.0. The van der Waals surface area contributed by atoms with Gasteiger partial charge in [-0.05, 0) is 44.1 Å². The number of rotatable bonds is 7. The van der Waals surface area contributed by atoms with Gasteiger partial charge >= 0.3 is 0 Å². The van der Waals surface area contributed by atoms with Crippen LogP contribution in [0.3, 0.4) is 0 Å². The molecule has 0 bridgehead atoms. The van der Waals surface area contributed by atoms with Crippen molar-refractivity contribution in [2.24, 2.45) is 5.92 Å². The molecule has 1 aromatic carbocycles. The first-order valence-electron chi connectivity index (χ1n) is 13.2. The predicted octanol–water partition coefficient (Wildman–Crippen LogP) is 3.27. The van der Waals surface area contributed by atoms with Crippen LogP contribution >= 0.6 is 0 Å². The largest absolute Gasteiger partial charge is 0.352 e.